The molecule has 15 heavy (non-hydrogen) atoms. The Labute approximate surface area is 94.2 Å². The van der Waals surface area contributed by atoms with Gasteiger partial charge in [0.15, 0.2) is 0 Å². The second kappa shape index (κ2) is 5.83. The van der Waals surface area contributed by atoms with E-state index in [0.717, 1.165) is 32.7 Å². The Balaban J connectivity index is 2.47. The molecule has 1 aliphatic heterocycles. The summed E-state index contributed by atoms with van der Waals surface area (Å²) in [5.41, 5.74) is 0.325. The third kappa shape index (κ3) is 4.09. The van der Waals surface area contributed by atoms with E-state index in [1.54, 1.807) is 7.11 Å². The number of methoxy groups -OCH3 is 1. The molecule has 1 heterocycles. The predicted octanol–water partition coefficient (Wildman–Crippen LogP) is 1.49. The van der Waals surface area contributed by atoms with Crippen LogP contribution in [-0.2, 0) is 4.74 Å². The number of nitrogens with zero attached hydrogens (tertiary/aromatic N) is 1. The highest BCUT2D eigenvalue weighted by molar-refractivity contribution is 4.87. The maximum atomic E-state index is 5.12. The molecule has 1 atom stereocenters. The van der Waals surface area contributed by atoms with Crippen molar-refractivity contribution in [3.05, 3.63) is 0 Å². The molecule has 90 valence electrons. The highest BCUT2D eigenvalue weighted by atomic mass is 16.5. The van der Waals surface area contributed by atoms with Gasteiger partial charge in [0.2, 0.25) is 0 Å². The van der Waals surface area contributed by atoms with Gasteiger partial charge in [0.1, 0.15) is 0 Å². The molecule has 1 rings (SSSR count). The first-order chi connectivity index (χ1) is 7.06. The Morgan fingerprint density at radius 3 is 2.87 bits per heavy atom. The van der Waals surface area contributed by atoms with E-state index in [0.29, 0.717) is 11.6 Å². The summed E-state index contributed by atoms with van der Waals surface area (Å²) in [5.74, 6) is 0. The van der Waals surface area contributed by atoms with Crippen LogP contribution < -0.4 is 5.32 Å². The van der Waals surface area contributed by atoms with Gasteiger partial charge in [-0.1, -0.05) is 0 Å². The summed E-state index contributed by atoms with van der Waals surface area (Å²) in [6.45, 7) is 11.3. The van der Waals surface area contributed by atoms with Crippen LogP contribution in [0.15, 0.2) is 0 Å². The first kappa shape index (κ1) is 12.9. The molecule has 0 saturated carbocycles. The van der Waals surface area contributed by atoms with Gasteiger partial charge in [-0.25, -0.2) is 0 Å². The quantitative estimate of drug-likeness (QED) is 0.718. The molecule has 0 aromatic rings. The van der Waals surface area contributed by atoms with Gasteiger partial charge in [-0.15, -0.1) is 0 Å². The first-order valence-corrected chi connectivity index (χ1v) is 6.03. The van der Waals surface area contributed by atoms with Gasteiger partial charge < -0.3 is 10.1 Å². The van der Waals surface area contributed by atoms with Crippen molar-refractivity contribution in [1.82, 2.24) is 10.2 Å². The van der Waals surface area contributed by atoms with Crippen molar-refractivity contribution < 1.29 is 4.74 Å². The molecule has 0 bridgehead atoms. The van der Waals surface area contributed by atoms with E-state index in [2.05, 4.69) is 31.0 Å². The Morgan fingerprint density at radius 2 is 2.20 bits per heavy atom. The summed E-state index contributed by atoms with van der Waals surface area (Å²) in [4.78, 5) is 2.59. The molecule has 3 nitrogen and oxygen atoms in total. The summed E-state index contributed by atoms with van der Waals surface area (Å²) >= 11 is 0. The van der Waals surface area contributed by atoms with Crippen LogP contribution in [0, 0.1) is 0 Å². The molecule has 0 spiro atoms. The molecular formula is C12H26N2O. The SMILES string of the molecule is COCCCN1CC(C)NCCC1(C)C. The average Bonchev–Trinajstić information content (AvgIpc) is 2.27. The van der Waals surface area contributed by atoms with E-state index in [9.17, 15) is 0 Å². The van der Waals surface area contributed by atoms with Crippen LogP contribution in [0.2, 0.25) is 0 Å². The lowest BCUT2D eigenvalue weighted by atomic mass is 9.98. The minimum absolute atomic E-state index is 0.325. The number of hydrogen-bond donors (Lipinski definition) is 1. The topological polar surface area (TPSA) is 24.5 Å². The fourth-order valence-electron chi connectivity index (χ4n) is 2.22. The fraction of sp³-hybridized carbons (Fsp3) is 1.00. The van der Waals surface area contributed by atoms with E-state index in [-0.39, 0.29) is 0 Å². The van der Waals surface area contributed by atoms with Crippen molar-refractivity contribution in [3.63, 3.8) is 0 Å². The predicted molar refractivity (Wildman–Crippen MR) is 64.2 cm³/mol. The maximum Gasteiger partial charge on any atom is 0.0474 e. The summed E-state index contributed by atoms with van der Waals surface area (Å²) in [7, 11) is 1.78. The molecule has 0 amide bonds. The van der Waals surface area contributed by atoms with Crippen molar-refractivity contribution in [2.45, 2.75) is 45.2 Å². The van der Waals surface area contributed by atoms with Gasteiger partial charge in [-0.2, -0.15) is 0 Å². The molecule has 1 N–H and O–H groups in total. The van der Waals surface area contributed by atoms with Gasteiger partial charge in [0, 0.05) is 38.4 Å². The van der Waals surface area contributed by atoms with Crippen LogP contribution in [-0.4, -0.2) is 49.8 Å². The molecule has 0 aliphatic carbocycles. The van der Waals surface area contributed by atoms with Crippen LogP contribution in [0.4, 0.5) is 0 Å². The largest absolute Gasteiger partial charge is 0.385 e. The van der Waals surface area contributed by atoms with E-state index < -0.39 is 0 Å². The van der Waals surface area contributed by atoms with Crippen LogP contribution in [0.3, 0.4) is 0 Å². The van der Waals surface area contributed by atoms with Crippen LogP contribution >= 0.6 is 0 Å². The third-order valence-electron chi connectivity index (χ3n) is 3.36. The number of nitrogens with one attached hydrogen (secondary N) is 1. The molecule has 1 saturated heterocycles. The molecule has 0 aromatic heterocycles. The fourth-order valence-corrected chi connectivity index (χ4v) is 2.22. The van der Waals surface area contributed by atoms with Crippen LogP contribution in [0.1, 0.15) is 33.6 Å². The normalized spacial score (nSPS) is 27.6. The summed E-state index contributed by atoms with van der Waals surface area (Å²) in [6, 6.07) is 0.606. The van der Waals surface area contributed by atoms with Crippen molar-refractivity contribution in [2.75, 3.05) is 33.4 Å². The van der Waals surface area contributed by atoms with Gasteiger partial charge in [-0.3, -0.25) is 4.90 Å². The van der Waals surface area contributed by atoms with Crippen molar-refractivity contribution >= 4 is 0 Å². The van der Waals surface area contributed by atoms with E-state index in [1.165, 1.54) is 6.42 Å². The molecular weight excluding hydrogens is 188 g/mol. The van der Waals surface area contributed by atoms with Gasteiger partial charge in [0.05, 0.1) is 0 Å². The minimum Gasteiger partial charge on any atom is -0.385 e. The molecule has 1 unspecified atom stereocenters. The van der Waals surface area contributed by atoms with Gasteiger partial charge in [0.25, 0.3) is 0 Å². The lowest BCUT2D eigenvalue weighted by Gasteiger charge is -2.37. The smallest absolute Gasteiger partial charge is 0.0474 e. The summed E-state index contributed by atoms with van der Waals surface area (Å²) in [6.07, 6.45) is 2.36. The lowest BCUT2D eigenvalue weighted by Crippen LogP contribution is -2.46. The highest BCUT2D eigenvalue weighted by Crippen LogP contribution is 2.21. The third-order valence-corrected chi connectivity index (χ3v) is 3.36. The van der Waals surface area contributed by atoms with Crippen molar-refractivity contribution in [2.24, 2.45) is 0 Å². The zero-order valence-electron chi connectivity index (χ0n) is 10.7. The van der Waals surface area contributed by atoms with E-state index in [4.69, 9.17) is 4.74 Å². The lowest BCUT2D eigenvalue weighted by molar-refractivity contribution is 0.101. The molecule has 0 aromatic carbocycles. The molecule has 3 heteroatoms. The number of hydrogen-bond acceptors (Lipinski definition) is 3. The number of rotatable bonds is 4. The Morgan fingerprint density at radius 1 is 1.47 bits per heavy atom. The maximum absolute atomic E-state index is 5.12. The van der Waals surface area contributed by atoms with Crippen molar-refractivity contribution in [3.8, 4) is 0 Å². The van der Waals surface area contributed by atoms with Crippen LogP contribution in [0.5, 0.6) is 0 Å². The minimum atomic E-state index is 0.325. The second-order valence-corrected chi connectivity index (χ2v) is 5.21. The van der Waals surface area contributed by atoms with Crippen molar-refractivity contribution in [1.29, 1.82) is 0 Å². The van der Waals surface area contributed by atoms with Gasteiger partial charge in [-0.05, 0) is 40.2 Å². The highest BCUT2D eigenvalue weighted by Gasteiger charge is 2.29. The first-order valence-electron chi connectivity index (χ1n) is 6.03. The molecule has 1 fully saturated rings. The van der Waals surface area contributed by atoms with E-state index in [1.807, 2.05) is 0 Å². The number of ether oxygens (including phenoxy) is 1. The second-order valence-electron chi connectivity index (χ2n) is 5.21. The summed E-state index contributed by atoms with van der Waals surface area (Å²) in [5, 5.41) is 3.55. The van der Waals surface area contributed by atoms with Gasteiger partial charge >= 0.3 is 0 Å². The zero-order chi connectivity index (χ0) is 11.3. The Bertz CT molecular complexity index is 182. The Hall–Kier alpha value is -0.120. The molecule has 1 aliphatic rings. The average molecular weight is 214 g/mol. The standard InChI is InChI=1S/C12H26N2O/c1-11-10-14(8-5-9-15-4)12(2,3)6-7-13-11/h11,13H,5-10H2,1-4H3. The summed E-state index contributed by atoms with van der Waals surface area (Å²) < 4.78 is 5.12. The van der Waals surface area contributed by atoms with Crippen LogP contribution in [0.25, 0.3) is 0 Å². The molecule has 0 radical (unpaired) electrons. The zero-order valence-corrected chi connectivity index (χ0v) is 10.7. The monoisotopic (exact) mass is 214 g/mol. The van der Waals surface area contributed by atoms with E-state index >= 15 is 0 Å². The Kier molecular flexibility index (Phi) is 5.03.